The van der Waals surface area contributed by atoms with Gasteiger partial charge in [0.25, 0.3) is 0 Å². The normalized spacial score (nSPS) is 20.4. The number of H-pyrrole nitrogens is 1. The number of aldehydes is 1. The van der Waals surface area contributed by atoms with Crippen molar-refractivity contribution in [1.82, 2.24) is 36.5 Å². The lowest BCUT2D eigenvalue weighted by atomic mass is 9.95. The van der Waals surface area contributed by atoms with Gasteiger partial charge in [-0.15, -0.1) is 0 Å². The number of carbonyl (C=O) groups excluding carboxylic acids is 6. The predicted octanol–water partition coefficient (Wildman–Crippen LogP) is 2.34. The Balaban J connectivity index is 1.51. The van der Waals surface area contributed by atoms with Crippen molar-refractivity contribution < 1.29 is 28.8 Å². The standard InChI is InChI=1S/C38H57N7O6/c1-7-24(6)33(44-34(47)29-14-10-16-39-29)37(50)43-32(23(4)5)38(51)45-17-11-15-31(45)36(49)42-30(35(48)41-26(21-46)18-22(2)3)19-25-20-40-28-13-9-8-12-27(25)28/h8-9,12-13,20-24,26,29-33,39-40H,7,10-11,14-19H2,1-6H3,(H,41,48)(H,42,49)(H,43,50)(H,44,47)/t24-,26-,29-,30-,31-,32-,33-/m0/s1. The zero-order chi connectivity index (χ0) is 37.2. The van der Waals surface area contributed by atoms with Gasteiger partial charge in [-0.3, -0.25) is 24.0 Å². The van der Waals surface area contributed by atoms with E-state index in [0.717, 1.165) is 29.4 Å². The number of nitrogens with one attached hydrogen (secondary N) is 6. The number of amides is 5. The van der Waals surface area contributed by atoms with E-state index in [2.05, 4.69) is 31.6 Å². The summed E-state index contributed by atoms with van der Waals surface area (Å²) in [6, 6.07) is 2.97. The second kappa shape index (κ2) is 18.3. The van der Waals surface area contributed by atoms with Gasteiger partial charge in [-0.1, -0.05) is 66.2 Å². The molecule has 280 valence electrons. The average Bonchev–Trinajstić information content (AvgIpc) is 3.90. The molecule has 1 aromatic carbocycles. The van der Waals surface area contributed by atoms with Crippen molar-refractivity contribution in [3.05, 3.63) is 36.0 Å². The minimum Gasteiger partial charge on any atom is -0.361 e. The van der Waals surface area contributed by atoms with Crippen LogP contribution in [0.5, 0.6) is 0 Å². The largest absolute Gasteiger partial charge is 0.361 e. The molecular formula is C38H57N7O6. The van der Waals surface area contributed by atoms with Crippen molar-refractivity contribution in [3.8, 4) is 0 Å². The minimum absolute atomic E-state index is 0.163. The Morgan fingerprint density at radius 1 is 0.902 bits per heavy atom. The first-order valence-corrected chi connectivity index (χ1v) is 18.6. The number of aromatic amines is 1. The van der Waals surface area contributed by atoms with Gasteiger partial charge in [0.2, 0.25) is 29.5 Å². The molecule has 7 atom stereocenters. The number of benzene rings is 1. The lowest BCUT2D eigenvalue weighted by Crippen LogP contribution is -2.61. The highest BCUT2D eigenvalue weighted by molar-refractivity contribution is 5.97. The van der Waals surface area contributed by atoms with Crippen LogP contribution in [0, 0.1) is 17.8 Å². The molecule has 3 heterocycles. The van der Waals surface area contributed by atoms with Gasteiger partial charge in [-0.05, 0) is 68.0 Å². The number of nitrogens with zero attached hydrogens (tertiary/aromatic N) is 1. The maximum Gasteiger partial charge on any atom is 0.246 e. The van der Waals surface area contributed by atoms with Gasteiger partial charge in [0.15, 0.2) is 0 Å². The lowest BCUT2D eigenvalue weighted by molar-refractivity contribution is -0.143. The molecule has 13 nitrogen and oxygen atoms in total. The number of para-hydroxylation sites is 1. The molecule has 0 saturated carbocycles. The minimum atomic E-state index is -1.02. The van der Waals surface area contributed by atoms with Crippen molar-refractivity contribution in [2.24, 2.45) is 17.8 Å². The Labute approximate surface area is 301 Å². The summed E-state index contributed by atoms with van der Waals surface area (Å²) in [6.45, 7) is 12.5. The van der Waals surface area contributed by atoms with E-state index in [9.17, 15) is 28.8 Å². The van der Waals surface area contributed by atoms with Crippen molar-refractivity contribution in [3.63, 3.8) is 0 Å². The SMILES string of the molecule is CC[C@H](C)[C@H](NC(=O)[C@@H]1CCCN1)C(=O)N[C@H](C(=O)N1CCC[C@H]1C(=O)N[C@@H](Cc1c[nH]c2ccccc12)C(=O)N[C@H](C=O)CC(C)C)C(C)C. The van der Waals surface area contributed by atoms with Gasteiger partial charge in [0, 0.05) is 30.1 Å². The second-order valence-corrected chi connectivity index (χ2v) is 14.9. The Kier molecular flexibility index (Phi) is 14.2. The van der Waals surface area contributed by atoms with Gasteiger partial charge in [-0.2, -0.15) is 0 Å². The van der Waals surface area contributed by atoms with Gasteiger partial charge in [0.05, 0.1) is 12.1 Å². The molecule has 6 N–H and O–H groups in total. The zero-order valence-electron chi connectivity index (χ0n) is 30.9. The molecule has 51 heavy (non-hydrogen) atoms. The number of likely N-dealkylation sites (tertiary alicyclic amines) is 1. The fourth-order valence-electron chi connectivity index (χ4n) is 7.04. The third-order valence-electron chi connectivity index (χ3n) is 10.2. The number of hydrogen-bond acceptors (Lipinski definition) is 7. The summed E-state index contributed by atoms with van der Waals surface area (Å²) in [5.41, 5.74) is 1.72. The van der Waals surface area contributed by atoms with E-state index in [0.29, 0.717) is 44.9 Å². The Morgan fingerprint density at radius 3 is 2.29 bits per heavy atom. The Bertz CT molecular complexity index is 1530. The molecule has 0 aliphatic carbocycles. The van der Waals surface area contributed by atoms with Crippen LogP contribution in [0.2, 0.25) is 0 Å². The summed E-state index contributed by atoms with van der Waals surface area (Å²) < 4.78 is 0. The molecule has 2 saturated heterocycles. The van der Waals surface area contributed by atoms with Crippen molar-refractivity contribution in [2.45, 2.75) is 123 Å². The Morgan fingerprint density at radius 2 is 1.65 bits per heavy atom. The van der Waals surface area contributed by atoms with E-state index in [-0.39, 0.29) is 36.1 Å². The molecule has 2 fully saturated rings. The van der Waals surface area contributed by atoms with E-state index < -0.39 is 53.8 Å². The van der Waals surface area contributed by atoms with E-state index in [1.54, 1.807) is 0 Å². The number of rotatable bonds is 17. The summed E-state index contributed by atoms with van der Waals surface area (Å²) in [4.78, 5) is 85.1. The summed E-state index contributed by atoms with van der Waals surface area (Å²) in [5, 5.41) is 15.6. The van der Waals surface area contributed by atoms with Crippen molar-refractivity contribution >= 4 is 46.7 Å². The zero-order valence-corrected chi connectivity index (χ0v) is 30.9. The summed E-state index contributed by atoms with van der Waals surface area (Å²) in [5.74, 6) is -2.35. The number of aromatic nitrogens is 1. The summed E-state index contributed by atoms with van der Waals surface area (Å²) in [7, 11) is 0. The van der Waals surface area contributed by atoms with Crippen LogP contribution in [-0.4, -0.2) is 95.0 Å². The molecule has 5 amide bonds. The van der Waals surface area contributed by atoms with Gasteiger partial charge >= 0.3 is 0 Å². The van der Waals surface area contributed by atoms with Gasteiger partial charge < -0.3 is 41.3 Å². The quantitative estimate of drug-likeness (QED) is 0.137. The van der Waals surface area contributed by atoms with E-state index in [1.165, 1.54) is 4.90 Å². The Hall–Kier alpha value is -4.26. The first kappa shape index (κ1) is 39.5. The molecular weight excluding hydrogens is 650 g/mol. The molecule has 2 aliphatic heterocycles. The molecule has 0 spiro atoms. The van der Waals surface area contributed by atoms with Crippen molar-refractivity contribution in [2.75, 3.05) is 13.1 Å². The fraction of sp³-hybridized carbons (Fsp3) is 0.632. The van der Waals surface area contributed by atoms with E-state index >= 15 is 0 Å². The highest BCUT2D eigenvalue weighted by Gasteiger charge is 2.41. The molecule has 1 aromatic heterocycles. The fourth-order valence-corrected chi connectivity index (χ4v) is 7.04. The lowest BCUT2D eigenvalue weighted by Gasteiger charge is -2.33. The summed E-state index contributed by atoms with van der Waals surface area (Å²) in [6.07, 6.45) is 6.33. The first-order chi connectivity index (χ1) is 24.3. The topological polar surface area (TPSA) is 182 Å². The molecule has 2 aliphatic rings. The molecule has 0 bridgehead atoms. The number of carbonyl (C=O) groups is 6. The highest BCUT2D eigenvalue weighted by atomic mass is 16.2. The third-order valence-corrected chi connectivity index (χ3v) is 10.2. The van der Waals surface area contributed by atoms with E-state index in [1.807, 2.05) is 72.0 Å². The van der Waals surface area contributed by atoms with Crippen LogP contribution < -0.4 is 26.6 Å². The van der Waals surface area contributed by atoms with Crippen LogP contribution >= 0.6 is 0 Å². The summed E-state index contributed by atoms with van der Waals surface area (Å²) >= 11 is 0. The number of hydrogen-bond donors (Lipinski definition) is 6. The smallest absolute Gasteiger partial charge is 0.246 e. The number of fused-ring (bicyclic) bond motifs is 1. The van der Waals surface area contributed by atoms with Gasteiger partial charge in [0.1, 0.15) is 30.5 Å². The first-order valence-electron chi connectivity index (χ1n) is 18.6. The van der Waals surface area contributed by atoms with Crippen LogP contribution in [0.15, 0.2) is 30.5 Å². The maximum absolute atomic E-state index is 14.2. The van der Waals surface area contributed by atoms with Gasteiger partial charge in [-0.25, -0.2) is 0 Å². The van der Waals surface area contributed by atoms with Crippen LogP contribution in [0.1, 0.15) is 85.6 Å². The molecule has 4 rings (SSSR count). The maximum atomic E-state index is 14.2. The predicted molar refractivity (Wildman–Crippen MR) is 195 cm³/mol. The van der Waals surface area contributed by atoms with E-state index in [4.69, 9.17) is 0 Å². The molecule has 0 unspecified atom stereocenters. The second-order valence-electron chi connectivity index (χ2n) is 14.9. The van der Waals surface area contributed by atoms with Crippen LogP contribution in [-0.2, 0) is 35.2 Å². The van der Waals surface area contributed by atoms with Crippen LogP contribution in [0.4, 0.5) is 0 Å². The molecule has 2 aromatic rings. The highest BCUT2D eigenvalue weighted by Crippen LogP contribution is 2.23. The monoisotopic (exact) mass is 707 g/mol. The third kappa shape index (κ3) is 10.2. The van der Waals surface area contributed by atoms with Crippen LogP contribution in [0.3, 0.4) is 0 Å². The average molecular weight is 708 g/mol. The van der Waals surface area contributed by atoms with Crippen LogP contribution in [0.25, 0.3) is 10.9 Å². The van der Waals surface area contributed by atoms with Crippen molar-refractivity contribution in [1.29, 1.82) is 0 Å². The molecule has 13 heteroatoms. The molecule has 0 radical (unpaired) electrons.